The van der Waals surface area contributed by atoms with Gasteiger partial charge in [-0.2, -0.15) is 0 Å². The number of hydrogen-bond donors (Lipinski definition) is 0. The van der Waals surface area contributed by atoms with Crippen molar-refractivity contribution in [3.63, 3.8) is 0 Å². The third kappa shape index (κ3) is 5.06. The second kappa shape index (κ2) is 9.36. The number of rotatable bonds is 7. The van der Waals surface area contributed by atoms with Gasteiger partial charge in [-0.05, 0) is 42.8 Å². The number of carbonyl (C=O) groups excluding carboxylic acids is 2. The van der Waals surface area contributed by atoms with Crippen LogP contribution < -0.4 is 9.64 Å². The van der Waals surface area contributed by atoms with Gasteiger partial charge in [0.15, 0.2) is 22.2 Å². The Labute approximate surface area is 187 Å². The van der Waals surface area contributed by atoms with Crippen molar-refractivity contribution in [3.05, 3.63) is 96.1 Å². The molecule has 164 valence electrons. The van der Waals surface area contributed by atoms with E-state index in [2.05, 4.69) is 0 Å². The zero-order valence-electron chi connectivity index (χ0n) is 17.4. The van der Waals surface area contributed by atoms with E-state index in [0.717, 1.165) is 0 Å². The lowest BCUT2D eigenvalue weighted by molar-refractivity contribution is -0.121. The number of sulfone groups is 1. The molecule has 0 unspecified atom stereocenters. The lowest BCUT2D eigenvalue weighted by Crippen LogP contribution is -2.43. The number of anilines is 1. The van der Waals surface area contributed by atoms with E-state index in [1.54, 1.807) is 48.5 Å². The SMILES string of the molecule is O=C(c1ccccc1)c1ccc(OCC(=O)N(c2ccccc2)[C@H]2CCS(=O)(=O)C2)cc1. The smallest absolute Gasteiger partial charge is 0.265 e. The Morgan fingerprint density at radius 3 is 2.03 bits per heavy atom. The van der Waals surface area contributed by atoms with Crippen LogP contribution in [0.4, 0.5) is 5.69 Å². The molecular formula is C25H23NO5S. The fourth-order valence-corrected chi connectivity index (χ4v) is 5.50. The van der Waals surface area contributed by atoms with Crippen molar-refractivity contribution < 1.29 is 22.7 Å². The van der Waals surface area contributed by atoms with Crippen molar-refractivity contribution in [2.45, 2.75) is 12.5 Å². The Hall–Kier alpha value is -3.45. The maximum absolute atomic E-state index is 13.0. The molecule has 0 saturated carbocycles. The fraction of sp³-hybridized carbons (Fsp3) is 0.200. The molecule has 0 aromatic heterocycles. The van der Waals surface area contributed by atoms with Crippen LogP contribution in [-0.2, 0) is 14.6 Å². The molecule has 1 saturated heterocycles. The molecule has 3 aromatic carbocycles. The number of ether oxygens (including phenoxy) is 1. The molecule has 0 spiro atoms. The molecule has 1 atom stereocenters. The summed E-state index contributed by atoms with van der Waals surface area (Å²) < 4.78 is 29.6. The van der Waals surface area contributed by atoms with Crippen LogP contribution in [0.1, 0.15) is 22.3 Å². The van der Waals surface area contributed by atoms with Crippen LogP contribution in [0.3, 0.4) is 0 Å². The summed E-state index contributed by atoms with van der Waals surface area (Å²) >= 11 is 0. The summed E-state index contributed by atoms with van der Waals surface area (Å²) in [6.45, 7) is -0.239. The van der Waals surface area contributed by atoms with Gasteiger partial charge in [-0.25, -0.2) is 8.42 Å². The maximum Gasteiger partial charge on any atom is 0.265 e. The average molecular weight is 450 g/mol. The quantitative estimate of drug-likeness (QED) is 0.516. The van der Waals surface area contributed by atoms with E-state index in [4.69, 9.17) is 4.74 Å². The van der Waals surface area contributed by atoms with Crippen molar-refractivity contribution in [1.29, 1.82) is 0 Å². The molecule has 0 aliphatic carbocycles. The topological polar surface area (TPSA) is 80.8 Å². The third-order valence-corrected chi connectivity index (χ3v) is 7.14. The van der Waals surface area contributed by atoms with Gasteiger partial charge >= 0.3 is 0 Å². The Kier molecular flexibility index (Phi) is 6.37. The number of carbonyl (C=O) groups is 2. The zero-order chi connectivity index (χ0) is 22.6. The van der Waals surface area contributed by atoms with Gasteiger partial charge < -0.3 is 9.64 Å². The summed E-state index contributed by atoms with van der Waals surface area (Å²) in [5, 5.41) is 0. The first kappa shape index (κ1) is 21.8. The summed E-state index contributed by atoms with van der Waals surface area (Å²) in [4.78, 5) is 27.1. The van der Waals surface area contributed by atoms with Crippen molar-refractivity contribution in [2.75, 3.05) is 23.0 Å². The number of amides is 1. The maximum atomic E-state index is 13.0. The highest BCUT2D eigenvalue weighted by Crippen LogP contribution is 2.25. The van der Waals surface area contributed by atoms with Crippen LogP contribution in [-0.4, -0.2) is 44.3 Å². The van der Waals surface area contributed by atoms with Gasteiger partial charge in [0.2, 0.25) is 0 Å². The predicted molar refractivity (Wildman–Crippen MR) is 123 cm³/mol. The summed E-state index contributed by atoms with van der Waals surface area (Å²) in [7, 11) is -3.15. The Morgan fingerprint density at radius 1 is 0.844 bits per heavy atom. The summed E-state index contributed by atoms with van der Waals surface area (Å²) in [5.74, 6) is 0.0689. The normalized spacial score (nSPS) is 16.9. The van der Waals surface area contributed by atoms with Crippen LogP contribution in [0.5, 0.6) is 5.75 Å². The van der Waals surface area contributed by atoms with Gasteiger partial charge in [0, 0.05) is 16.8 Å². The van der Waals surface area contributed by atoms with Crippen LogP contribution >= 0.6 is 0 Å². The molecule has 3 aromatic rings. The van der Waals surface area contributed by atoms with Gasteiger partial charge in [0.1, 0.15) is 5.75 Å². The minimum atomic E-state index is -3.15. The van der Waals surface area contributed by atoms with Gasteiger partial charge in [-0.1, -0.05) is 48.5 Å². The highest BCUT2D eigenvalue weighted by atomic mass is 32.2. The van der Waals surface area contributed by atoms with E-state index in [9.17, 15) is 18.0 Å². The van der Waals surface area contributed by atoms with E-state index in [-0.39, 0.29) is 29.8 Å². The first-order valence-corrected chi connectivity index (χ1v) is 12.2. The third-order valence-electron chi connectivity index (χ3n) is 5.39. The molecule has 0 N–H and O–H groups in total. The number of benzene rings is 3. The second-order valence-electron chi connectivity index (χ2n) is 7.66. The second-order valence-corrected chi connectivity index (χ2v) is 9.89. The van der Waals surface area contributed by atoms with Crippen LogP contribution in [0.15, 0.2) is 84.9 Å². The molecule has 1 aliphatic rings. The molecule has 1 amide bonds. The number of para-hydroxylation sites is 1. The molecule has 1 aliphatic heterocycles. The molecule has 0 radical (unpaired) electrons. The molecule has 7 heteroatoms. The predicted octanol–water partition coefficient (Wildman–Crippen LogP) is 3.52. The van der Waals surface area contributed by atoms with Gasteiger partial charge in [-0.15, -0.1) is 0 Å². The van der Waals surface area contributed by atoms with E-state index in [1.165, 1.54) is 4.90 Å². The minimum Gasteiger partial charge on any atom is -0.484 e. The molecule has 1 fully saturated rings. The van der Waals surface area contributed by atoms with Gasteiger partial charge in [0.25, 0.3) is 5.91 Å². The van der Waals surface area contributed by atoms with Crippen molar-refractivity contribution in [3.8, 4) is 5.75 Å². The minimum absolute atomic E-state index is 0.0517. The average Bonchev–Trinajstić information content (AvgIpc) is 3.18. The number of hydrogen-bond acceptors (Lipinski definition) is 5. The van der Waals surface area contributed by atoms with Crippen molar-refractivity contribution >= 4 is 27.2 Å². The molecule has 4 rings (SSSR count). The fourth-order valence-electron chi connectivity index (χ4n) is 3.80. The van der Waals surface area contributed by atoms with E-state index < -0.39 is 15.9 Å². The molecule has 1 heterocycles. The molecule has 0 bridgehead atoms. The molecular weight excluding hydrogens is 426 g/mol. The highest BCUT2D eigenvalue weighted by molar-refractivity contribution is 7.91. The van der Waals surface area contributed by atoms with Crippen LogP contribution in [0.2, 0.25) is 0 Å². The van der Waals surface area contributed by atoms with Gasteiger partial charge in [0.05, 0.1) is 17.5 Å². The van der Waals surface area contributed by atoms with Crippen LogP contribution in [0, 0.1) is 0 Å². The first-order valence-electron chi connectivity index (χ1n) is 10.3. The van der Waals surface area contributed by atoms with E-state index in [0.29, 0.717) is 29.0 Å². The Balaban J connectivity index is 1.44. The standard InChI is InChI=1S/C25H23NO5S/c27-24(26(21-9-5-2-6-10-21)22-15-16-32(29,30)18-22)17-31-23-13-11-20(12-14-23)25(28)19-7-3-1-4-8-19/h1-14,22H,15-18H2/t22-/m0/s1. The lowest BCUT2D eigenvalue weighted by atomic mass is 10.0. The number of ketones is 1. The van der Waals surface area contributed by atoms with Crippen molar-refractivity contribution in [2.24, 2.45) is 0 Å². The lowest BCUT2D eigenvalue weighted by Gasteiger charge is -2.28. The summed E-state index contributed by atoms with van der Waals surface area (Å²) in [6, 6.07) is 24.2. The summed E-state index contributed by atoms with van der Waals surface area (Å²) in [6.07, 6.45) is 0.402. The Bertz CT molecular complexity index is 1190. The van der Waals surface area contributed by atoms with Crippen molar-refractivity contribution in [1.82, 2.24) is 0 Å². The first-order chi connectivity index (χ1) is 15.4. The van der Waals surface area contributed by atoms with Crippen LogP contribution in [0.25, 0.3) is 0 Å². The highest BCUT2D eigenvalue weighted by Gasteiger charge is 2.35. The zero-order valence-corrected chi connectivity index (χ0v) is 18.2. The Morgan fingerprint density at radius 2 is 1.44 bits per heavy atom. The number of nitrogens with zero attached hydrogens (tertiary/aromatic N) is 1. The van der Waals surface area contributed by atoms with Gasteiger partial charge in [-0.3, -0.25) is 9.59 Å². The monoisotopic (exact) mass is 449 g/mol. The molecule has 6 nitrogen and oxygen atoms in total. The molecule has 32 heavy (non-hydrogen) atoms. The van der Waals surface area contributed by atoms with E-state index in [1.807, 2.05) is 36.4 Å². The van der Waals surface area contributed by atoms with E-state index >= 15 is 0 Å². The summed E-state index contributed by atoms with van der Waals surface area (Å²) in [5.41, 5.74) is 1.77. The largest absolute Gasteiger partial charge is 0.484 e.